The van der Waals surface area contributed by atoms with Crippen LogP contribution in [-0.4, -0.2) is 7.05 Å². The molecule has 5 heteroatoms. The van der Waals surface area contributed by atoms with Crippen LogP contribution < -0.4 is 4.90 Å². The first-order chi connectivity index (χ1) is 9.02. The van der Waals surface area contributed by atoms with Crippen LogP contribution in [0, 0.1) is 17.5 Å². The van der Waals surface area contributed by atoms with E-state index < -0.39 is 17.5 Å². The molecule has 0 aromatic heterocycles. The summed E-state index contributed by atoms with van der Waals surface area (Å²) < 4.78 is 41.0. The summed E-state index contributed by atoms with van der Waals surface area (Å²) in [6.45, 7) is 0. The molecule has 19 heavy (non-hydrogen) atoms. The van der Waals surface area contributed by atoms with Crippen molar-refractivity contribution >= 4 is 27.3 Å². The Hall–Kier alpha value is -1.49. The number of hydrogen-bond acceptors (Lipinski definition) is 1. The van der Waals surface area contributed by atoms with E-state index in [1.165, 1.54) is 42.3 Å². The Labute approximate surface area is 117 Å². The summed E-state index contributed by atoms with van der Waals surface area (Å²) >= 11 is 3.15. The minimum absolute atomic E-state index is 0.199. The SMILES string of the molecule is CN(c1cccc(F)c1)c1c(F)cc(CBr)cc1F. The summed E-state index contributed by atoms with van der Waals surface area (Å²) in [5.41, 5.74) is 0.686. The molecule has 0 saturated heterocycles. The normalized spacial score (nSPS) is 10.6. The van der Waals surface area contributed by atoms with E-state index in [0.717, 1.165) is 0 Å². The van der Waals surface area contributed by atoms with Gasteiger partial charge in [-0.1, -0.05) is 22.0 Å². The molecular formula is C14H11BrF3N. The van der Waals surface area contributed by atoms with Gasteiger partial charge in [0.2, 0.25) is 0 Å². The summed E-state index contributed by atoms with van der Waals surface area (Å²) in [7, 11) is 1.49. The zero-order chi connectivity index (χ0) is 14.0. The van der Waals surface area contributed by atoms with Crippen LogP contribution in [0.1, 0.15) is 5.56 Å². The number of benzene rings is 2. The van der Waals surface area contributed by atoms with Gasteiger partial charge in [-0.15, -0.1) is 0 Å². The molecule has 2 aromatic carbocycles. The molecule has 0 aliphatic heterocycles. The lowest BCUT2D eigenvalue weighted by atomic mass is 10.2. The Morgan fingerprint density at radius 3 is 2.21 bits per heavy atom. The molecule has 2 aromatic rings. The van der Waals surface area contributed by atoms with Gasteiger partial charge in [0.1, 0.15) is 23.1 Å². The van der Waals surface area contributed by atoms with E-state index in [0.29, 0.717) is 16.6 Å². The van der Waals surface area contributed by atoms with Crippen molar-refractivity contribution in [2.75, 3.05) is 11.9 Å². The molecule has 100 valence electrons. The molecule has 0 atom stereocenters. The maximum absolute atomic E-state index is 13.9. The minimum Gasteiger partial charge on any atom is -0.340 e. The van der Waals surface area contributed by atoms with Gasteiger partial charge in [0.25, 0.3) is 0 Å². The Morgan fingerprint density at radius 2 is 1.68 bits per heavy atom. The van der Waals surface area contributed by atoms with Gasteiger partial charge in [-0.25, -0.2) is 13.2 Å². The van der Waals surface area contributed by atoms with E-state index >= 15 is 0 Å². The van der Waals surface area contributed by atoms with Gasteiger partial charge >= 0.3 is 0 Å². The fourth-order valence-corrected chi connectivity index (χ4v) is 2.15. The highest BCUT2D eigenvalue weighted by Gasteiger charge is 2.16. The quantitative estimate of drug-likeness (QED) is 0.733. The molecule has 0 radical (unpaired) electrons. The highest BCUT2D eigenvalue weighted by atomic mass is 79.9. The molecule has 0 saturated carbocycles. The predicted octanol–water partition coefficient (Wildman–Crippen LogP) is 4.77. The van der Waals surface area contributed by atoms with Gasteiger partial charge < -0.3 is 4.90 Å². The van der Waals surface area contributed by atoms with Crippen LogP contribution in [0.15, 0.2) is 36.4 Å². The number of alkyl halides is 1. The second-order valence-electron chi connectivity index (χ2n) is 4.08. The van der Waals surface area contributed by atoms with Crippen molar-refractivity contribution in [2.45, 2.75) is 5.33 Å². The Kier molecular flexibility index (Phi) is 4.14. The summed E-state index contributed by atoms with van der Waals surface area (Å²) in [6.07, 6.45) is 0. The summed E-state index contributed by atoms with van der Waals surface area (Å²) in [6, 6.07) is 8.07. The molecule has 2 rings (SSSR count). The molecule has 0 spiro atoms. The fourth-order valence-electron chi connectivity index (χ4n) is 1.83. The molecule has 0 aliphatic carbocycles. The van der Waals surface area contributed by atoms with Gasteiger partial charge in [0, 0.05) is 18.1 Å². The number of halogens is 4. The molecule has 0 unspecified atom stereocenters. The lowest BCUT2D eigenvalue weighted by molar-refractivity contribution is 0.581. The van der Waals surface area contributed by atoms with Gasteiger partial charge in [-0.3, -0.25) is 0 Å². The highest BCUT2D eigenvalue weighted by Crippen LogP contribution is 2.30. The Balaban J connectivity index is 2.47. The predicted molar refractivity (Wildman–Crippen MR) is 73.5 cm³/mol. The third kappa shape index (κ3) is 2.92. The van der Waals surface area contributed by atoms with E-state index in [4.69, 9.17) is 0 Å². The maximum Gasteiger partial charge on any atom is 0.150 e. The molecule has 0 bridgehead atoms. The van der Waals surface area contributed by atoms with Crippen LogP contribution in [0.3, 0.4) is 0 Å². The first-order valence-corrected chi connectivity index (χ1v) is 6.68. The van der Waals surface area contributed by atoms with Crippen molar-refractivity contribution in [1.29, 1.82) is 0 Å². The van der Waals surface area contributed by atoms with E-state index in [1.807, 2.05) is 0 Å². The van der Waals surface area contributed by atoms with Crippen molar-refractivity contribution in [3.8, 4) is 0 Å². The molecule has 0 heterocycles. The number of nitrogens with zero attached hydrogens (tertiary/aromatic N) is 1. The zero-order valence-electron chi connectivity index (χ0n) is 10.1. The molecular weight excluding hydrogens is 319 g/mol. The average Bonchev–Trinajstić information content (AvgIpc) is 2.37. The summed E-state index contributed by atoms with van der Waals surface area (Å²) in [5, 5.41) is 0.366. The molecule has 0 fully saturated rings. The average molecular weight is 330 g/mol. The van der Waals surface area contributed by atoms with E-state index in [-0.39, 0.29) is 5.69 Å². The third-order valence-electron chi connectivity index (χ3n) is 2.76. The number of rotatable bonds is 3. The van der Waals surface area contributed by atoms with Crippen molar-refractivity contribution in [1.82, 2.24) is 0 Å². The largest absolute Gasteiger partial charge is 0.340 e. The van der Waals surface area contributed by atoms with Crippen molar-refractivity contribution in [2.24, 2.45) is 0 Å². The molecule has 0 amide bonds. The molecule has 1 nitrogen and oxygen atoms in total. The van der Waals surface area contributed by atoms with Gasteiger partial charge in [0.05, 0.1) is 0 Å². The van der Waals surface area contributed by atoms with E-state index in [9.17, 15) is 13.2 Å². The van der Waals surface area contributed by atoms with Crippen LogP contribution in [0.25, 0.3) is 0 Å². The van der Waals surface area contributed by atoms with Gasteiger partial charge in [-0.05, 0) is 35.9 Å². The summed E-state index contributed by atoms with van der Waals surface area (Å²) in [5.74, 6) is -1.82. The lowest BCUT2D eigenvalue weighted by Gasteiger charge is -2.21. The van der Waals surface area contributed by atoms with Crippen molar-refractivity contribution < 1.29 is 13.2 Å². The lowest BCUT2D eigenvalue weighted by Crippen LogP contribution is -2.13. The van der Waals surface area contributed by atoms with Crippen LogP contribution in [0.5, 0.6) is 0 Å². The number of anilines is 2. The Bertz CT molecular complexity index is 578. The molecule has 0 aliphatic rings. The topological polar surface area (TPSA) is 3.24 Å². The van der Waals surface area contributed by atoms with Crippen molar-refractivity contribution in [3.63, 3.8) is 0 Å². The first kappa shape index (κ1) is 13.9. The minimum atomic E-state index is -0.679. The van der Waals surface area contributed by atoms with Crippen molar-refractivity contribution in [3.05, 3.63) is 59.4 Å². The second-order valence-corrected chi connectivity index (χ2v) is 4.64. The highest BCUT2D eigenvalue weighted by molar-refractivity contribution is 9.08. The standard InChI is InChI=1S/C14H11BrF3N/c1-19(11-4-2-3-10(16)7-11)14-12(17)5-9(8-15)6-13(14)18/h2-7H,8H2,1H3. The molecule has 0 N–H and O–H groups in total. The zero-order valence-corrected chi connectivity index (χ0v) is 11.7. The second kappa shape index (κ2) is 5.65. The third-order valence-corrected chi connectivity index (χ3v) is 3.41. The van der Waals surface area contributed by atoms with E-state index in [2.05, 4.69) is 15.9 Å². The Morgan fingerprint density at radius 1 is 1.05 bits per heavy atom. The van der Waals surface area contributed by atoms with Gasteiger partial charge in [-0.2, -0.15) is 0 Å². The summed E-state index contributed by atoms with van der Waals surface area (Å²) in [4.78, 5) is 1.28. The number of hydrogen-bond donors (Lipinski definition) is 0. The van der Waals surface area contributed by atoms with Crippen LogP contribution in [0.4, 0.5) is 24.5 Å². The van der Waals surface area contributed by atoms with Crippen LogP contribution in [-0.2, 0) is 5.33 Å². The monoisotopic (exact) mass is 329 g/mol. The smallest absolute Gasteiger partial charge is 0.150 e. The van der Waals surface area contributed by atoms with Crippen LogP contribution >= 0.6 is 15.9 Å². The fraction of sp³-hybridized carbons (Fsp3) is 0.143. The van der Waals surface area contributed by atoms with E-state index in [1.54, 1.807) is 6.07 Å². The van der Waals surface area contributed by atoms with Crippen LogP contribution in [0.2, 0.25) is 0 Å². The first-order valence-electron chi connectivity index (χ1n) is 5.56. The van der Waals surface area contributed by atoms with Gasteiger partial charge in [0.15, 0.2) is 0 Å². The maximum atomic E-state index is 13.9.